The van der Waals surface area contributed by atoms with Gasteiger partial charge in [0, 0.05) is 50.7 Å². The summed E-state index contributed by atoms with van der Waals surface area (Å²) in [4.78, 5) is 89.7. The number of rotatable bonds is 28. The van der Waals surface area contributed by atoms with E-state index in [1.807, 2.05) is 54.8 Å². The standard InChI is InChI=1S/C48H76N10O10/c1-32(2)38-25-42(61)57(45(38)64)27-33-12-16-35(17-13-33)43(62)52-26-37-28-58(56-55-37)47(3,4)21-24-68-48(5,6)20-23-51-40(59)30-66-31-41(60)54-39(11-9-10-22-49-7)44(63)53-36-18-14-34(15-19-36)29-67-46(65)50-8/h14-15,18-19,28,32-33,35,38-39,49H,9-13,16-17,20-27,29-31H2,1-8H3,(H,50,65)(H,51,59)(H,52,62)(H,53,63)(H,54,60). The Morgan fingerprint density at radius 2 is 1.59 bits per heavy atom. The molecular weight excluding hydrogens is 877 g/mol. The molecule has 2 unspecified atom stereocenters. The normalized spacial score (nSPS) is 18.0. The van der Waals surface area contributed by atoms with Crippen molar-refractivity contribution in [3.63, 3.8) is 0 Å². The van der Waals surface area contributed by atoms with Crippen molar-refractivity contribution in [2.75, 3.05) is 58.9 Å². The lowest BCUT2D eigenvalue weighted by Gasteiger charge is -2.30. The second-order valence-corrected chi connectivity index (χ2v) is 19.5. The average molecular weight is 953 g/mol. The molecule has 2 aromatic rings. The van der Waals surface area contributed by atoms with Crippen LogP contribution in [-0.2, 0) is 61.7 Å². The van der Waals surface area contributed by atoms with Crippen LogP contribution in [0.1, 0.15) is 117 Å². The third-order valence-corrected chi connectivity index (χ3v) is 12.7. The Kier molecular flexibility index (Phi) is 21.8. The first-order valence-electron chi connectivity index (χ1n) is 24.0. The maximum atomic E-state index is 13.2. The van der Waals surface area contributed by atoms with Gasteiger partial charge >= 0.3 is 6.09 Å². The van der Waals surface area contributed by atoms with Crippen LogP contribution in [0.3, 0.4) is 0 Å². The molecule has 0 spiro atoms. The van der Waals surface area contributed by atoms with E-state index in [0.717, 1.165) is 31.4 Å². The molecule has 20 heteroatoms. The molecule has 7 amide bonds. The molecule has 0 radical (unpaired) electrons. The second-order valence-electron chi connectivity index (χ2n) is 19.5. The van der Waals surface area contributed by atoms with Crippen molar-refractivity contribution < 1.29 is 47.8 Å². The molecule has 6 N–H and O–H groups in total. The fourth-order valence-corrected chi connectivity index (χ4v) is 8.13. The van der Waals surface area contributed by atoms with Crippen molar-refractivity contribution in [1.29, 1.82) is 0 Å². The SMILES string of the molecule is CNCCCCC(NC(=O)COCC(=O)NCCC(C)(C)OCCC(C)(C)n1cc(CNC(=O)C2CCC(CN3C(=O)CC(C(C)C)C3=O)CC2)nn1)C(=O)Nc1ccc(COC(=O)NC)cc1. The number of aromatic nitrogens is 3. The Hall–Kier alpha value is -5.47. The molecule has 1 aromatic heterocycles. The zero-order chi connectivity index (χ0) is 49.9. The number of alkyl carbamates (subject to hydrolysis) is 1. The fourth-order valence-electron chi connectivity index (χ4n) is 8.13. The molecule has 2 aliphatic rings. The van der Waals surface area contributed by atoms with E-state index in [-0.39, 0.29) is 61.2 Å². The largest absolute Gasteiger partial charge is 0.445 e. The van der Waals surface area contributed by atoms with Gasteiger partial charge in [0.05, 0.1) is 23.9 Å². The first-order valence-corrected chi connectivity index (χ1v) is 24.0. The van der Waals surface area contributed by atoms with Crippen LogP contribution in [0.15, 0.2) is 30.5 Å². The van der Waals surface area contributed by atoms with E-state index in [0.29, 0.717) is 76.0 Å². The third-order valence-electron chi connectivity index (χ3n) is 12.7. The van der Waals surface area contributed by atoms with Crippen LogP contribution in [-0.4, -0.2) is 127 Å². The van der Waals surface area contributed by atoms with Gasteiger partial charge in [0.25, 0.3) is 0 Å². The maximum Gasteiger partial charge on any atom is 0.407 e. The first kappa shape index (κ1) is 55.1. The van der Waals surface area contributed by atoms with Crippen molar-refractivity contribution in [3.8, 4) is 0 Å². The van der Waals surface area contributed by atoms with Gasteiger partial charge < -0.3 is 46.1 Å². The summed E-state index contributed by atoms with van der Waals surface area (Å²) in [5.41, 5.74) is 0.890. The van der Waals surface area contributed by atoms with Gasteiger partial charge in [0.15, 0.2) is 0 Å². The highest BCUT2D eigenvalue weighted by atomic mass is 16.5. The average Bonchev–Trinajstić information content (AvgIpc) is 3.90. The summed E-state index contributed by atoms with van der Waals surface area (Å²) in [5, 5.41) is 25.5. The number of hydrogen-bond donors (Lipinski definition) is 6. The lowest BCUT2D eigenvalue weighted by Crippen LogP contribution is -2.45. The minimum atomic E-state index is -0.827. The highest BCUT2D eigenvalue weighted by Gasteiger charge is 2.41. The quantitative estimate of drug-likeness (QED) is 0.0528. The number of anilines is 1. The summed E-state index contributed by atoms with van der Waals surface area (Å²) in [7, 11) is 3.31. The summed E-state index contributed by atoms with van der Waals surface area (Å²) >= 11 is 0. The lowest BCUT2D eigenvalue weighted by atomic mass is 9.81. The Balaban J connectivity index is 1.10. The summed E-state index contributed by atoms with van der Waals surface area (Å²) in [6.07, 6.45) is 7.60. The van der Waals surface area contributed by atoms with Gasteiger partial charge in [0.2, 0.25) is 35.4 Å². The zero-order valence-corrected chi connectivity index (χ0v) is 41.4. The monoisotopic (exact) mass is 953 g/mol. The number of ether oxygens (including phenoxy) is 3. The van der Waals surface area contributed by atoms with Crippen LogP contribution < -0.4 is 31.9 Å². The van der Waals surface area contributed by atoms with Crippen LogP contribution in [0.2, 0.25) is 0 Å². The fraction of sp³-hybridized carbons (Fsp3) is 0.688. The molecule has 1 aliphatic carbocycles. The first-order chi connectivity index (χ1) is 32.3. The highest BCUT2D eigenvalue weighted by molar-refractivity contribution is 6.03. The predicted molar refractivity (Wildman–Crippen MR) is 253 cm³/mol. The second kappa shape index (κ2) is 26.9. The van der Waals surface area contributed by atoms with Crippen LogP contribution in [0.25, 0.3) is 0 Å². The minimum absolute atomic E-state index is 0.0272. The van der Waals surface area contributed by atoms with Gasteiger partial charge in [-0.25, -0.2) is 9.48 Å². The molecule has 1 saturated carbocycles. The van der Waals surface area contributed by atoms with Crippen LogP contribution in [0.4, 0.5) is 10.5 Å². The van der Waals surface area contributed by atoms with Gasteiger partial charge in [-0.3, -0.25) is 33.7 Å². The molecule has 1 aromatic carbocycles. The number of carbonyl (C=O) groups is 7. The smallest absolute Gasteiger partial charge is 0.407 e. The van der Waals surface area contributed by atoms with E-state index in [2.05, 4.69) is 42.2 Å². The molecular formula is C48H76N10O10. The van der Waals surface area contributed by atoms with Crippen molar-refractivity contribution in [2.24, 2.45) is 23.7 Å². The number of imide groups is 1. The number of hydrogen-bond acceptors (Lipinski definition) is 13. The molecule has 2 fully saturated rings. The van der Waals surface area contributed by atoms with Gasteiger partial charge in [-0.15, -0.1) is 5.10 Å². The predicted octanol–water partition coefficient (Wildman–Crippen LogP) is 3.54. The van der Waals surface area contributed by atoms with Crippen LogP contribution in [0.5, 0.6) is 0 Å². The van der Waals surface area contributed by atoms with Crippen molar-refractivity contribution >= 4 is 47.2 Å². The highest BCUT2D eigenvalue weighted by Crippen LogP contribution is 2.33. The van der Waals surface area contributed by atoms with Gasteiger partial charge in [0.1, 0.15) is 31.6 Å². The zero-order valence-electron chi connectivity index (χ0n) is 41.4. The molecule has 20 nitrogen and oxygen atoms in total. The summed E-state index contributed by atoms with van der Waals surface area (Å²) in [6.45, 7) is 13.4. The Bertz CT molecular complexity index is 1980. The summed E-state index contributed by atoms with van der Waals surface area (Å²) in [5.74, 6) is -1.47. The molecule has 1 saturated heterocycles. The molecule has 68 heavy (non-hydrogen) atoms. The van der Waals surface area contributed by atoms with Gasteiger partial charge in [-0.2, -0.15) is 0 Å². The van der Waals surface area contributed by atoms with Crippen LogP contribution >= 0.6 is 0 Å². The molecule has 1 aliphatic heterocycles. The molecule has 4 rings (SSSR count). The third kappa shape index (κ3) is 18.2. The number of unbranched alkanes of at least 4 members (excludes halogenated alkanes) is 1. The van der Waals surface area contributed by atoms with E-state index in [1.165, 1.54) is 11.9 Å². The van der Waals surface area contributed by atoms with Crippen molar-refractivity contribution in [3.05, 3.63) is 41.7 Å². The van der Waals surface area contributed by atoms with E-state index in [4.69, 9.17) is 14.2 Å². The Morgan fingerprint density at radius 3 is 2.25 bits per heavy atom. The number of likely N-dealkylation sites (tertiary alicyclic amines) is 1. The molecule has 2 atom stereocenters. The molecule has 378 valence electrons. The minimum Gasteiger partial charge on any atom is -0.445 e. The Labute approximate surface area is 400 Å². The number of amides is 7. The summed E-state index contributed by atoms with van der Waals surface area (Å²) in [6, 6.07) is 5.99. The number of nitrogens with zero attached hydrogens (tertiary/aromatic N) is 4. The van der Waals surface area contributed by atoms with E-state index in [1.54, 1.807) is 28.9 Å². The van der Waals surface area contributed by atoms with E-state index >= 15 is 0 Å². The van der Waals surface area contributed by atoms with Crippen molar-refractivity contribution in [1.82, 2.24) is 46.5 Å². The topological polar surface area (TPSA) is 253 Å². The lowest BCUT2D eigenvalue weighted by molar-refractivity contribution is -0.141. The van der Waals surface area contributed by atoms with Crippen molar-refractivity contribution in [2.45, 2.75) is 136 Å². The number of nitrogens with one attached hydrogen (secondary N) is 6. The maximum absolute atomic E-state index is 13.2. The number of carbonyl (C=O) groups excluding carboxylic acids is 7. The van der Waals surface area contributed by atoms with E-state index < -0.39 is 47.6 Å². The van der Waals surface area contributed by atoms with Gasteiger partial charge in [-0.1, -0.05) is 31.2 Å². The van der Waals surface area contributed by atoms with Gasteiger partial charge in [-0.05, 0) is 129 Å². The molecule has 2 heterocycles. The van der Waals surface area contributed by atoms with Crippen LogP contribution in [0, 0.1) is 23.7 Å². The molecule has 0 bridgehead atoms. The van der Waals surface area contributed by atoms with E-state index in [9.17, 15) is 33.6 Å². The Morgan fingerprint density at radius 1 is 0.882 bits per heavy atom. The summed E-state index contributed by atoms with van der Waals surface area (Å²) < 4.78 is 18.4. The number of benzene rings is 1.